The molecule has 66 valence electrons. The molecule has 0 amide bonds. The molecule has 0 radical (unpaired) electrons. The van der Waals surface area contributed by atoms with Crippen molar-refractivity contribution in [1.29, 1.82) is 0 Å². The molecule has 11 heavy (non-hydrogen) atoms. The van der Waals surface area contributed by atoms with Gasteiger partial charge in [-0.3, -0.25) is 0 Å². The van der Waals surface area contributed by atoms with Gasteiger partial charge in [-0.25, -0.2) is 0 Å². The molecule has 0 aromatic rings. The summed E-state index contributed by atoms with van der Waals surface area (Å²) < 4.78 is 0. The molecule has 0 aliphatic heterocycles. The van der Waals surface area contributed by atoms with E-state index < -0.39 is 0 Å². The van der Waals surface area contributed by atoms with E-state index in [2.05, 4.69) is 20.8 Å². The molecule has 1 fully saturated rings. The lowest BCUT2D eigenvalue weighted by atomic mass is 9.88. The zero-order valence-corrected chi connectivity index (χ0v) is 7.93. The molecule has 0 aromatic heterocycles. The number of rotatable bonds is 3. The highest BCUT2D eigenvalue weighted by Crippen LogP contribution is 2.36. The Morgan fingerprint density at radius 2 is 1.91 bits per heavy atom. The van der Waals surface area contributed by atoms with Gasteiger partial charge < -0.3 is 5.11 Å². The Bertz CT molecular complexity index is 119. The fourth-order valence-electron chi connectivity index (χ4n) is 1.30. The Kier molecular flexibility index (Phi) is 2.58. The zero-order chi connectivity index (χ0) is 8.48. The maximum Gasteiger partial charge on any atom is 0.0568 e. The zero-order valence-electron chi connectivity index (χ0n) is 7.93. The van der Waals surface area contributed by atoms with E-state index in [0.29, 0.717) is 11.3 Å². The highest BCUT2D eigenvalue weighted by Gasteiger charge is 2.30. The first-order valence-corrected chi connectivity index (χ1v) is 4.67. The Labute approximate surface area is 69.8 Å². The van der Waals surface area contributed by atoms with Gasteiger partial charge in [0, 0.05) is 0 Å². The van der Waals surface area contributed by atoms with Gasteiger partial charge in [0.05, 0.1) is 6.10 Å². The molecule has 0 aromatic carbocycles. The van der Waals surface area contributed by atoms with E-state index in [1.54, 1.807) is 0 Å². The third-order valence-corrected chi connectivity index (χ3v) is 2.36. The van der Waals surface area contributed by atoms with Crippen LogP contribution in [0.4, 0.5) is 0 Å². The third-order valence-electron chi connectivity index (χ3n) is 2.36. The predicted molar refractivity (Wildman–Crippen MR) is 47.4 cm³/mol. The smallest absolute Gasteiger partial charge is 0.0568 e. The van der Waals surface area contributed by atoms with Crippen LogP contribution in [0.15, 0.2) is 0 Å². The first-order valence-electron chi connectivity index (χ1n) is 4.67. The first-order chi connectivity index (χ1) is 4.99. The quantitative estimate of drug-likeness (QED) is 0.666. The van der Waals surface area contributed by atoms with E-state index in [4.69, 9.17) is 0 Å². The maximum atomic E-state index is 9.55. The van der Waals surface area contributed by atoms with Crippen LogP contribution in [0.5, 0.6) is 0 Å². The van der Waals surface area contributed by atoms with Crippen molar-refractivity contribution in [3.63, 3.8) is 0 Å². The molecule has 0 spiro atoms. The molecule has 0 heterocycles. The Balaban J connectivity index is 2.10. The van der Waals surface area contributed by atoms with Crippen molar-refractivity contribution in [2.45, 2.75) is 52.6 Å². The lowest BCUT2D eigenvalue weighted by molar-refractivity contribution is 0.125. The van der Waals surface area contributed by atoms with Gasteiger partial charge in [0.25, 0.3) is 0 Å². The molecule has 1 unspecified atom stereocenters. The molecule has 0 saturated heterocycles. The minimum atomic E-state index is -0.00535. The van der Waals surface area contributed by atoms with E-state index >= 15 is 0 Å². The molecule has 1 saturated carbocycles. The second-order valence-electron chi connectivity index (χ2n) is 5.00. The van der Waals surface area contributed by atoms with Gasteiger partial charge in [0.1, 0.15) is 0 Å². The number of aliphatic hydroxyl groups excluding tert-OH is 1. The lowest BCUT2D eigenvalue weighted by Gasteiger charge is -2.19. The van der Waals surface area contributed by atoms with Gasteiger partial charge in [-0.2, -0.15) is 0 Å². The molecule has 1 N–H and O–H groups in total. The summed E-state index contributed by atoms with van der Waals surface area (Å²) in [5, 5.41) is 9.55. The van der Waals surface area contributed by atoms with Gasteiger partial charge in [-0.1, -0.05) is 20.8 Å². The Morgan fingerprint density at radius 1 is 1.36 bits per heavy atom. The fourth-order valence-corrected chi connectivity index (χ4v) is 1.30. The number of aliphatic hydroxyl groups is 1. The normalized spacial score (nSPS) is 21.8. The maximum absolute atomic E-state index is 9.55. The van der Waals surface area contributed by atoms with Crippen LogP contribution in [0.3, 0.4) is 0 Å². The van der Waals surface area contributed by atoms with Crippen molar-refractivity contribution in [2.75, 3.05) is 0 Å². The monoisotopic (exact) mass is 156 g/mol. The van der Waals surface area contributed by atoms with Gasteiger partial charge in [-0.05, 0) is 37.0 Å². The molecule has 1 nitrogen and oxygen atoms in total. The summed E-state index contributed by atoms with van der Waals surface area (Å²) in [6.45, 7) is 6.69. The van der Waals surface area contributed by atoms with Crippen molar-refractivity contribution in [2.24, 2.45) is 11.3 Å². The summed E-state index contributed by atoms with van der Waals surface area (Å²) in [4.78, 5) is 0. The molecule has 0 bridgehead atoms. The van der Waals surface area contributed by atoms with Gasteiger partial charge in [0.15, 0.2) is 0 Å². The molecule has 1 aliphatic carbocycles. The van der Waals surface area contributed by atoms with Gasteiger partial charge in [-0.15, -0.1) is 0 Å². The summed E-state index contributed by atoms with van der Waals surface area (Å²) in [5.41, 5.74) is 0.385. The number of hydrogen-bond donors (Lipinski definition) is 1. The second kappa shape index (κ2) is 3.14. The molecule has 1 atom stereocenters. The average Bonchev–Trinajstić information content (AvgIpc) is 2.61. The summed E-state index contributed by atoms with van der Waals surface area (Å²) in [6.07, 6.45) is 4.64. The Hall–Kier alpha value is -0.0400. The molecular formula is C10H20O. The van der Waals surface area contributed by atoms with Crippen LogP contribution in [-0.4, -0.2) is 11.2 Å². The van der Waals surface area contributed by atoms with Crippen LogP contribution in [0.25, 0.3) is 0 Å². The van der Waals surface area contributed by atoms with Crippen molar-refractivity contribution in [1.82, 2.24) is 0 Å². The van der Waals surface area contributed by atoms with E-state index in [1.807, 2.05) is 0 Å². The van der Waals surface area contributed by atoms with Crippen molar-refractivity contribution < 1.29 is 5.11 Å². The first kappa shape index (κ1) is 9.05. The molecule has 1 heteroatoms. The highest BCUT2D eigenvalue weighted by atomic mass is 16.3. The van der Waals surface area contributed by atoms with Crippen LogP contribution in [0.1, 0.15) is 46.5 Å². The van der Waals surface area contributed by atoms with Gasteiger partial charge >= 0.3 is 0 Å². The van der Waals surface area contributed by atoms with Crippen LogP contribution in [-0.2, 0) is 0 Å². The summed E-state index contributed by atoms with van der Waals surface area (Å²) >= 11 is 0. The number of hydrogen-bond acceptors (Lipinski definition) is 1. The lowest BCUT2D eigenvalue weighted by Crippen LogP contribution is -2.14. The second-order valence-corrected chi connectivity index (χ2v) is 5.00. The van der Waals surface area contributed by atoms with Crippen molar-refractivity contribution in [3.05, 3.63) is 0 Å². The van der Waals surface area contributed by atoms with Crippen molar-refractivity contribution in [3.8, 4) is 0 Å². The predicted octanol–water partition coefficient (Wildman–Crippen LogP) is 2.58. The van der Waals surface area contributed by atoms with E-state index in [9.17, 15) is 5.11 Å². The highest BCUT2D eigenvalue weighted by molar-refractivity contribution is 4.81. The van der Waals surface area contributed by atoms with E-state index in [-0.39, 0.29) is 6.10 Å². The minimum Gasteiger partial charge on any atom is -0.393 e. The van der Waals surface area contributed by atoms with Crippen molar-refractivity contribution >= 4 is 0 Å². The molecule has 1 aliphatic rings. The van der Waals surface area contributed by atoms with Crippen LogP contribution in [0, 0.1) is 11.3 Å². The largest absolute Gasteiger partial charge is 0.393 e. The fraction of sp³-hybridized carbons (Fsp3) is 1.00. The Morgan fingerprint density at radius 3 is 2.27 bits per heavy atom. The van der Waals surface area contributed by atoms with Crippen LogP contribution < -0.4 is 0 Å². The van der Waals surface area contributed by atoms with E-state index in [0.717, 1.165) is 12.8 Å². The average molecular weight is 156 g/mol. The standard InChI is InChI=1S/C10H20O/c1-10(2,3)7-6-9(11)8-4-5-8/h8-9,11H,4-7H2,1-3H3. The summed E-state index contributed by atoms with van der Waals surface area (Å²) in [5.74, 6) is 0.650. The summed E-state index contributed by atoms with van der Waals surface area (Å²) in [6, 6.07) is 0. The van der Waals surface area contributed by atoms with Crippen LogP contribution in [0.2, 0.25) is 0 Å². The van der Waals surface area contributed by atoms with Gasteiger partial charge in [0.2, 0.25) is 0 Å². The SMILES string of the molecule is CC(C)(C)CCC(O)C1CC1. The third kappa shape index (κ3) is 3.76. The topological polar surface area (TPSA) is 20.2 Å². The minimum absolute atomic E-state index is 0.00535. The van der Waals surface area contributed by atoms with Crippen LogP contribution >= 0.6 is 0 Å². The molecular weight excluding hydrogens is 136 g/mol. The molecule has 1 rings (SSSR count). The summed E-state index contributed by atoms with van der Waals surface area (Å²) in [7, 11) is 0. The van der Waals surface area contributed by atoms with E-state index in [1.165, 1.54) is 12.8 Å².